The maximum absolute atomic E-state index is 11.9. The summed E-state index contributed by atoms with van der Waals surface area (Å²) < 4.78 is 24.9. The lowest BCUT2D eigenvalue weighted by Crippen LogP contribution is -2.40. The average Bonchev–Trinajstić information content (AvgIpc) is 2.40. The molecule has 0 aliphatic carbocycles. The predicted octanol–water partition coefficient (Wildman–Crippen LogP) is 2.07. The van der Waals surface area contributed by atoms with Crippen LogP contribution in [-0.2, 0) is 14.8 Å². The van der Waals surface area contributed by atoms with Gasteiger partial charge in [-0.25, -0.2) is 8.42 Å². The average molecular weight is 312 g/mol. The standard InChI is InChI=1S/C15H24N2O3S/c1-4-5-6-10-16-15(18)12-17(21(3,19)20)14-9-7-8-13(2)11-14/h7-9,11H,4-6,10,12H2,1-3H3,(H,16,18). The van der Waals surface area contributed by atoms with E-state index in [4.69, 9.17) is 0 Å². The van der Waals surface area contributed by atoms with Crippen LogP contribution < -0.4 is 9.62 Å². The molecule has 0 saturated heterocycles. The number of aryl methyl sites for hydroxylation is 1. The summed E-state index contributed by atoms with van der Waals surface area (Å²) in [5.41, 5.74) is 1.46. The van der Waals surface area contributed by atoms with Crippen molar-refractivity contribution in [2.24, 2.45) is 0 Å². The fourth-order valence-electron chi connectivity index (χ4n) is 1.97. The summed E-state index contributed by atoms with van der Waals surface area (Å²) in [5, 5.41) is 2.76. The van der Waals surface area contributed by atoms with E-state index in [-0.39, 0.29) is 12.5 Å². The molecule has 1 rings (SSSR count). The number of hydrogen-bond donors (Lipinski definition) is 1. The van der Waals surface area contributed by atoms with Gasteiger partial charge in [-0.3, -0.25) is 9.10 Å². The Bertz CT molecular complexity index is 570. The Hall–Kier alpha value is -1.56. The molecule has 0 atom stereocenters. The van der Waals surface area contributed by atoms with Crippen LogP contribution in [0.25, 0.3) is 0 Å². The summed E-state index contributed by atoms with van der Waals surface area (Å²) >= 11 is 0. The number of carbonyl (C=O) groups is 1. The first kappa shape index (κ1) is 17.5. The summed E-state index contributed by atoms with van der Waals surface area (Å²) in [7, 11) is -3.49. The first-order valence-electron chi connectivity index (χ1n) is 7.15. The van der Waals surface area contributed by atoms with Crippen molar-refractivity contribution >= 4 is 21.6 Å². The molecule has 1 amide bonds. The van der Waals surface area contributed by atoms with Crippen molar-refractivity contribution in [2.45, 2.75) is 33.1 Å². The second kappa shape index (κ2) is 8.02. The zero-order valence-electron chi connectivity index (χ0n) is 12.9. The van der Waals surface area contributed by atoms with E-state index in [1.807, 2.05) is 13.0 Å². The molecule has 0 saturated carbocycles. The number of benzene rings is 1. The van der Waals surface area contributed by atoms with Crippen molar-refractivity contribution in [3.05, 3.63) is 29.8 Å². The van der Waals surface area contributed by atoms with E-state index in [0.717, 1.165) is 35.4 Å². The van der Waals surface area contributed by atoms with E-state index in [0.29, 0.717) is 12.2 Å². The van der Waals surface area contributed by atoms with Crippen LogP contribution in [0.1, 0.15) is 31.7 Å². The van der Waals surface area contributed by atoms with E-state index in [2.05, 4.69) is 12.2 Å². The monoisotopic (exact) mass is 312 g/mol. The van der Waals surface area contributed by atoms with Gasteiger partial charge in [0.2, 0.25) is 15.9 Å². The van der Waals surface area contributed by atoms with E-state index in [1.165, 1.54) is 0 Å². The molecular weight excluding hydrogens is 288 g/mol. The zero-order chi connectivity index (χ0) is 15.9. The Balaban J connectivity index is 2.75. The third kappa shape index (κ3) is 6.16. The molecule has 1 N–H and O–H groups in total. The number of rotatable bonds is 8. The minimum absolute atomic E-state index is 0.186. The Kier molecular flexibility index (Phi) is 6.68. The van der Waals surface area contributed by atoms with Gasteiger partial charge >= 0.3 is 0 Å². The van der Waals surface area contributed by atoms with E-state index in [1.54, 1.807) is 18.2 Å². The molecule has 0 spiro atoms. The summed E-state index contributed by atoms with van der Waals surface area (Å²) in [6.07, 6.45) is 4.15. The van der Waals surface area contributed by atoms with Gasteiger partial charge in [-0.2, -0.15) is 0 Å². The molecule has 0 heterocycles. The number of amides is 1. The molecule has 0 aliphatic heterocycles. The molecule has 0 radical (unpaired) electrons. The van der Waals surface area contributed by atoms with Gasteiger partial charge in [-0.15, -0.1) is 0 Å². The van der Waals surface area contributed by atoms with Gasteiger partial charge in [0.1, 0.15) is 6.54 Å². The number of hydrogen-bond acceptors (Lipinski definition) is 3. The van der Waals surface area contributed by atoms with Crippen molar-refractivity contribution in [3.63, 3.8) is 0 Å². The van der Waals surface area contributed by atoms with Crippen molar-refractivity contribution in [1.82, 2.24) is 5.32 Å². The first-order valence-corrected chi connectivity index (χ1v) is 9.00. The Morgan fingerprint density at radius 3 is 2.57 bits per heavy atom. The minimum Gasteiger partial charge on any atom is -0.355 e. The van der Waals surface area contributed by atoms with Crippen LogP contribution in [0.15, 0.2) is 24.3 Å². The first-order chi connectivity index (χ1) is 9.84. The molecule has 0 aromatic heterocycles. The van der Waals surface area contributed by atoms with Crippen LogP contribution in [0.4, 0.5) is 5.69 Å². The van der Waals surface area contributed by atoms with Gasteiger partial charge in [0.05, 0.1) is 11.9 Å². The lowest BCUT2D eigenvalue weighted by atomic mass is 10.2. The maximum atomic E-state index is 11.9. The van der Waals surface area contributed by atoms with Crippen molar-refractivity contribution in [3.8, 4) is 0 Å². The van der Waals surface area contributed by atoms with Crippen molar-refractivity contribution in [1.29, 1.82) is 0 Å². The van der Waals surface area contributed by atoms with Crippen molar-refractivity contribution in [2.75, 3.05) is 23.7 Å². The van der Waals surface area contributed by atoms with Crippen LogP contribution in [0.2, 0.25) is 0 Å². The highest BCUT2D eigenvalue weighted by molar-refractivity contribution is 7.92. The van der Waals surface area contributed by atoms with Crippen LogP contribution in [0.3, 0.4) is 0 Å². The summed E-state index contributed by atoms with van der Waals surface area (Å²) in [4.78, 5) is 11.9. The van der Waals surface area contributed by atoms with Gasteiger partial charge in [-0.1, -0.05) is 31.9 Å². The van der Waals surface area contributed by atoms with Crippen LogP contribution >= 0.6 is 0 Å². The highest BCUT2D eigenvalue weighted by atomic mass is 32.2. The van der Waals surface area contributed by atoms with Crippen molar-refractivity contribution < 1.29 is 13.2 Å². The molecule has 0 fully saturated rings. The SMILES string of the molecule is CCCCCNC(=O)CN(c1cccc(C)c1)S(C)(=O)=O. The normalized spacial score (nSPS) is 11.2. The van der Waals surface area contributed by atoms with Crippen LogP contribution in [0, 0.1) is 6.92 Å². The second-order valence-electron chi connectivity index (χ2n) is 5.17. The molecule has 5 nitrogen and oxygen atoms in total. The van der Waals surface area contributed by atoms with Gasteiger partial charge < -0.3 is 5.32 Å². The maximum Gasteiger partial charge on any atom is 0.240 e. The number of sulfonamides is 1. The van der Waals surface area contributed by atoms with Crippen LogP contribution in [-0.4, -0.2) is 33.7 Å². The minimum atomic E-state index is -3.49. The largest absolute Gasteiger partial charge is 0.355 e. The van der Waals surface area contributed by atoms with Crippen LogP contribution in [0.5, 0.6) is 0 Å². The van der Waals surface area contributed by atoms with Gasteiger partial charge in [0, 0.05) is 6.54 Å². The number of unbranched alkanes of at least 4 members (excludes halogenated alkanes) is 2. The number of nitrogens with one attached hydrogen (secondary N) is 1. The molecule has 0 bridgehead atoms. The fourth-order valence-corrected chi connectivity index (χ4v) is 2.82. The quantitative estimate of drug-likeness (QED) is 0.747. The third-order valence-electron chi connectivity index (χ3n) is 3.08. The molecular formula is C15H24N2O3S. The number of anilines is 1. The molecule has 21 heavy (non-hydrogen) atoms. The van der Waals surface area contributed by atoms with E-state index in [9.17, 15) is 13.2 Å². The molecule has 118 valence electrons. The molecule has 6 heteroatoms. The predicted molar refractivity (Wildman–Crippen MR) is 85.9 cm³/mol. The lowest BCUT2D eigenvalue weighted by Gasteiger charge is -2.22. The third-order valence-corrected chi connectivity index (χ3v) is 4.22. The van der Waals surface area contributed by atoms with Gasteiger partial charge in [0.15, 0.2) is 0 Å². The number of carbonyl (C=O) groups excluding carboxylic acids is 1. The second-order valence-corrected chi connectivity index (χ2v) is 7.07. The summed E-state index contributed by atoms with van der Waals surface area (Å²) in [6.45, 7) is 4.37. The highest BCUT2D eigenvalue weighted by Crippen LogP contribution is 2.18. The topological polar surface area (TPSA) is 66.5 Å². The highest BCUT2D eigenvalue weighted by Gasteiger charge is 2.20. The van der Waals surface area contributed by atoms with E-state index >= 15 is 0 Å². The van der Waals surface area contributed by atoms with E-state index < -0.39 is 10.0 Å². The van der Waals surface area contributed by atoms with Gasteiger partial charge in [-0.05, 0) is 31.0 Å². The molecule has 0 aliphatic rings. The molecule has 1 aromatic rings. The summed E-state index contributed by atoms with van der Waals surface area (Å²) in [6, 6.07) is 7.11. The van der Waals surface area contributed by atoms with Gasteiger partial charge in [0.25, 0.3) is 0 Å². The molecule has 0 unspecified atom stereocenters. The summed E-state index contributed by atoms with van der Waals surface area (Å²) in [5.74, 6) is -0.280. The smallest absolute Gasteiger partial charge is 0.240 e. The lowest BCUT2D eigenvalue weighted by molar-refractivity contribution is -0.119. The Morgan fingerprint density at radius 2 is 2.00 bits per heavy atom. The fraction of sp³-hybridized carbons (Fsp3) is 0.533. The Labute approximate surface area is 127 Å². The zero-order valence-corrected chi connectivity index (χ0v) is 13.7. The Morgan fingerprint density at radius 1 is 1.29 bits per heavy atom. The number of nitrogens with zero attached hydrogens (tertiary/aromatic N) is 1. The molecule has 1 aromatic carbocycles.